The smallest absolute Gasteiger partial charge is 0.306 e. The van der Waals surface area contributed by atoms with Gasteiger partial charge in [-0.25, -0.2) is 0 Å². The zero-order valence-corrected chi connectivity index (χ0v) is 51.0. The molecule has 0 amide bonds. The molecule has 6 nitrogen and oxygen atoms in total. The molecule has 0 aromatic heterocycles. The van der Waals surface area contributed by atoms with Crippen LogP contribution < -0.4 is 0 Å². The van der Waals surface area contributed by atoms with E-state index >= 15 is 0 Å². The molecule has 444 valence electrons. The van der Waals surface area contributed by atoms with Crippen LogP contribution in [0.4, 0.5) is 0 Å². The lowest BCUT2D eigenvalue weighted by Crippen LogP contribution is -2.30. The second-order valence-corrected chi connectivity index (χ2v) is 22.7. The van der Waals surface area contributed by atoms with E-state index in [1.54, 1.807) is 0 Å². The summed E-state index contributed by atoms with van der Waals surface area (Å²) in [5.74, 6) is -0.874. The summed E-state index contributed by atoms with van der Waals surface area (Å²) in [6.45, 7) is 6.54. The molecule has 0 spiro atoms. The van der Waals surface area contributed by atoms with Gasteiger partial charge >= 0.3 is 17.9 Å². The monoisotopic (exact) mass is 1060 g/mol. The SMILES string of the molecule is CC/C=C\C/C=C\C/C=C\C/C=C\CCCCCCCCC(=O)OC(COC(=O)CCCCCCCCCC)COC(=O)CCCCCCCCCCCCCCCCCCCCCCCCCCCCCCCCC. The zero-order valence-electron chi connectivity index (χ0n) is 51.0. The molecule has 0 aromatic rings. The minimum atomic E-state index is -0.777. The summed E-state index contributed by atoms with van der Waals surface area (Å²) in [6, 6.07) is 0. The number of rotatable bonds is 62. The van der Waals surface area contributed by atoms with E-state index in [0.29, 0.717) is 19.3 Å². The largest absolute Gasteiger partial charge is 0.462 e. The number of esters is 3. The molecule has 0 radical (unpaired) electrons. The third-order valence-corrected chi connectivity index (χ3v) is 15.1. The van der Waals surface area contributed by atoms with Crippen LogP contribution in [0.15, 0.2) is 48.6 Å². The van der Waals surface area contributed by atoms with Crippen molar-refractivity contribution < 1.29 is 28.6 Å². The summed E-state index contributed by atoms with van der Waals surface area (Å²) in [5.41, 5.74) is 0. The quantitative estimate of drug-likeness (QED) is 0.0261. The lowest BCUT2D eigenvalue weighted by Gasteiger charge is -2.18. The first kappa shape index (κ1) is 73.4. The molecule has 0 saturated heterocycles. The Morgan fingerprint density at radius 3 is 0.803 bits per heavy atom. The van der Waals surface area contributed by atoms with E-state index in [4.69, 9.17) is 14.2 Å². The minimum Gasteiger partial charge on any atom is -0.462 e. The Morgan fingerprint density at radius 2 is 0.513 bits per heavy atom. The topological polar surface area (TPSA) is 78.9 Å². The van der Waals surface area contributed by atoms with E-state index < -0.39 is 6.10 Å². The van der Waals surface area contributed by atoms with Crippen LogP contribution in [-0.2, 0) is 28.6 Å². The van der Waals surface area contributed by atoms with E-state index in [1.807, 2.05) is 0 Å². The van der Waals surface area contributed by atoms with Crippen molar-refractivity contribution in [2.75, 3.05) is 13.2 Å². The Kier molecular flexibility index (Phi) is 62.6. The lowest BCUT2D eigenvalue weighted by molar-refractivity contribution is -0.167. The number of allylic oxidation sites excluding steroid dienone is 8. The average molecular weight is 1070 g/mol. The second-order valence-electron chi connectivity index (χ2n) is 22.7. The van der Waals surface area contributed by atoms with Crippen molar-refractivity contribution in [1.82, 2.24) is 0 Å². The number of carbonyl (C=O) groups is 3. The molecule has 0 saturated carbocycles. The molecule has 0 aliphatic rings. The summed E-state index contributed by atoms with van der Waals surface area (Å²) in [4.78, 5) is 38.1. The van der Waals surface area contributed by atoms with Crippen LogP contribution in [0.5, 0.6) is 0 Å². The van der Waals surface area contributed by atoms with Crippen molar-refractivity contribution in [2.24, 2.45) is 0 Å². The molecule has 0 aliphatic carbocycles. The van der Waals surface area contributed by atoms with Gasteiger partial charge in [0, 0.05) is 19.3 Å². The summed E-state index contributed by atoms with van der Waals surface area (Å²) >= 11 is 0. The van der Waals surface area contributed by atoms with Crippen molar-refractivity contribution in [3.63, 3.8) is 0 Å². The third kappa shape index (κ3) is 62.2. The van der Waals surface area contributed by atoms with E-state index in [2.05, 4.69) is 69.4 Å². The maximum atomic E-state index is 12.9. The highest BCUT2D eigenvalue weighted by molar-refractivity contribution is 5.71. The van der Waals surface area contributed by atoms with Crippen molar-refractivity contribution in [3.8, 4) is 0 Å². The lowest BCUT2D eigenvalue weighted by atomic mass is 10.0. The Hall–Kier alpha value is -2.63. The van der Waals surface area contributed by atoms with E-state index in [0.717, 1.165) is 96.3 Å². The minimum absolute atomic E-state index is 0.0749. The standard InChI is InChI=1S/C70H128O6/c1-4-7-10-13-16-19-21-23-25-27-29-30-31-32-33-34-35-36-37-38-39-40-42-43-45-47-49-51-54-57-60-63-69(72)75-66-67(65-74-68(71)62-59-56-53-18-15-12-9-6-3)76-70(73)64-61-58-55-52-50-48-46-44-41-28-26-24-22-20-17-14-11-8-5-2/h8,11,17,20,24,26,41,44,67H,4-7,9-10,12-16,18-19,21-23,25,27-40,42-43,45-66H2,1-3H3/b11-8-,20-17-,26-24-,44-41-. The molecule has 0 aromatic carbocycles. The highest BCUT2D eigenvalue weighted by Gasteiger charge is 2.19. The number of unbranched alkanes of at least 4 members (excludes halogenated alkanes) is 43. The molecular formula is C70H128O6. The van der Waals surface area contributed by atoms with Crippen molar-refractivity contribution >= 4 is 17.9 Å². The van der Waals surface area contributed by atoms with Crippen LogP contribution in [0.2, 0.25) is 0 Å². The van der Waals surface area contributed by atoms with Crippen LogP contribution in [0, 0.1) is 0 Å². The van der Waals surface area contributed by atoms with Gasteiger partial charge in [-0.2, -0.15) is 0 Å². The van der Waals surface area contributed by atoms with Crippen LogP contribution in [-0.4, -0.2) is 37.2 Å². The highest BCUT2D eigenvalue weighted by Crippen LogP contribution is 2.18. The number of ether oxygens (including phenoxy) is 3. The molecule has 0 aliphatic heterocycles. The molecule has 0 rings (SSSR count). The normalized spacial score (nSPS) is 12.3. The van der Waals surface area contributed by atoms with Gasteiger partial charge in [-0.1, -0.05) is 333 Å². The van der Waals surface area contributed by atoms with Crippen molar-refractivity contribution in [1.29, 1.82) is 0 Å². The van der Waals surface area contributed by atoms with Gasteiger partial charge in [0.25, 0.3) is 0 Å². The molecule has 0 N–H and O–H groups in total. The van der Waals surface area contributed by atoms with Gasteiger partial charge in [-0.3, -0.25) is 14.4 Å². The molecule has 1 atom stereocenters. The van der Waals surface area contributed by atoms with Gasteiger partial charge < -0.3 is 14.2 Å². The van der Waals surface area contributed by atoms with Gasteiger partial charge in [0.05, 0.1) is 0 Å². The first-order valence-corrected chi connectivity index (χ1v) is 33.6. The number of carbonyl (C=O) groups excluding carboxylic acids is 3. The van der Waals surface area contributed by atoms with Crippen LogP contribution in [0.25, 0.3) is 0 Å². The maximum absolute atomic E-state index is 12.9. The molecule has 0 fully saturated rings. The second kappa shape index (κ2) is 64.9. The van der Waals surface area contributed by atoms with Crippen LogP contribution in [0.1, 0.15) is 361 Å². The van der Waals surface area contributed by atoms with Gasteiger partial charge in [-0.15, -0.1) is 0 Å². The first-order valence-electron chi connectivity index (χ1n) is 33.6. The molecule has 0 heterocycles. The molecular weight excluding hydrogens is 937 g/mol. The Balaban J connectivity index is 4.04. The van der Waals surface area contributed by atoms with E-state index in [9.17, 15) is 14.4 Å². The summed E-state index contributed by atoms with van der Waals surface area (Å²) < 4.78 is 16.9. The number of hydrogen-bond acceptors (Lipinski definition) is 6. The predicted octanol–water partition coefficient (Wildman–Crippen LogP) is 22.9. The molecule has 1 unspecified atom stereocenters. The van der Waals surface area contributed by atoms with Gasteiger partial charge in [0.15, 0.2) is 6.10 Å². The van der Waals surface area contributed by atoms with E-state index in [1.165, 1.54) is 225 Å². The fourth-order valence-corrected chi connectivity index (χ4v) is 10.1. The van der Waals surface area contributed by atoms with E-state index in [-0.39, 0.29) is 31.1 Å². The van der Waals surface area contributed by atoms with Crippen LogP contribution >= 0.6 is 0 Å². The Labute approximate surface area is 473 Å². The first-order chi connectivity index (χ1) is 37.5. The van der Waals surface area contributed by atoms with Crippen molar-refractivity contribution in [2.45, 2.75) is 367 Å². The maximum Gasteiger partial charge on any atom is 0.306 e. The van der Waals surface area contributed by atoms with Gasteiger partial charge in [0.1, 0.15) is 13.2 Å². The van der Waals surface area contributed by atoms with Gasteiger partial charge in [0.2, 0.25) is 0 Å². The molecule has 6 heteroatoms. The van der Waals surface area contributed by atoms with Gasteiger partial charge in [-0.05, 0) is 57.8 Å². The fraction of sp³-hybridized carbons (Fsp3) is 0.843. The Morgan fingerprint density at radius 1 is 0.276 bits per heavy atom. The fourth-order valence-electron chi connectivity index (χ4n) is 10.1. The summed E-state index contributed by atoms with van der Waals surface area (Å²) in [7, 11) is 0. The zero-order chi connectivity index (χ0) is 55.0. The summed E-state index contributed by atoms with van der Waals surface area (Å²) in [5, 5.41) is 0. The highest BCUT2D eigenvalue weighted by atomic mass is 16.6. The summed E-state index contributed by atoms with van der Waals surface area (Å²) in [6.07, 6.45) is 81.7. The van der Waals surface area contributed by atoms with Crippen LogP contribution in [0.3, 0.4) is 0 Å². The molecule has 0 bridgehead atoms. The third-order valence-electron chi connectivity index (χ3n) is 15.1. The van der Waals surface area contributed by atoms with Crippen molar-refractivity contribution in [3.05, 3.63) is 48.6 Å². The predicted molar refractivity (Wildman–Crippen MR) is 330 cm³/mol. The average Bonchev–Trinajstić information content (AvgIpc) is 3.42. The Bertz CT molecular complexity index is 1310. The number of hydrogen-bond donors (Lipinski definition) is 0. The molecule has 76 heavy (non-hydrogen) atoms.